The Kier molecular flexibility index (Phi) is 16.2. The van der Waals surface area contributed by atoms with Crippen LogP contribution in [0.15, 0.2) is 42.5 Å². The van der Waals surface area contributed by atoms with Crippen molar-refractivity contribution in [2.75, 3.05) is 6.54 Å². The van der Waals surface area contributed by atoms with Crippen LogP contribution in [0.5, 0.6) is 0 Å². The van der Waals surface area contributed by atoms with Crippen LogP contribution in [0.3, 0.4) is 0 Å². The first-order valence-corrected chi connectivity index (χ1v) is 11.3. The predicted molar refractivity (Wildman–Crippen MR) is 125 cm³/mol. The summed E-state index contributed by atoms with van der Waals surface area (Å²) in [4.78, 5) is 21.5. The second kappa shape index (κ2) is 17.0. The molecule has 6 heteroatoms. The van der Waals surface area contributed by atoms with Crippen molar-refractivity contribution >= 4 is 11.7 Å². The van der Waals surface area contributed by atoms with Crippen LogP contribution in [-0.4, -0.2) is 18.2 Å². The summed E-state index contributed by atoms with van der Waals surface area (Å²) in [6, 6.07) is 17.8. The van der Waals surface area contributed by atoms with Gasteiger partial charge in [0, 0.05) is 25.8 Å². The molecule has 1 aliphatic heterocycles. The fourth-order valence-electron chi connectivity index (χ4n) is 3.25. The maximum absolute atomic E-state index is 12.4. The monoisotopic (exact) mass is 681 g/mol. The first kappa shape index (κ1) is 31.5. The molecular weight excluding hydrogens is 646 g/mol. The average molecular weight is 682 g/mol. The summed E-state index contributed by atoms with van der Waals surface area (Å²) in [5.74, 6) is -2.61. The number of hydrogen-bond donors (Lipinski definition) is 1. The summed E-state index contributed by atoms with van der Waals surface area (Å²) in [5.41, 5.74) is 3.01. The molecule has 0 bridgehead atoms. The van der Waals surface area contributed by atoms with Crippen LogP contribution in [-0.2, 0) is 28.4 Å². The van der Waals surface area contributed by atoms with Gasteiger partial charge >= 0.3 is 31.1 Å². The number of unbranched alkanes of at least 4 members (excludes halogenated alkanes) is 1. The van der Waals surface area contributed by atoms with E-state index in [4.69, 9.17) is 0 Å². The smallest absolute Gasteiger partial charge is 0.356 e. The van der Waals surface area contributed by atoms with Crippen molar-refractivity contribution in [3.8, 4) is 0 Å². The predicted octanol–water partition coefficient (Wildman–Crippen LogP) is 6.09. The zero-order valence-corrected chi connectivity index (χ0v) is 24.3. The number of halogens is 2. The molecule has 0 aromatic heterocycles. The van der Waals surface area contributed by atoms with Crippen molar-refractivity contribution in [1.29, 1.82) is 0 Å². The molecule has 1 fully saturated rings. The van der Waals surface area contributed by atoms with Crippen LogP contribution in [0.2, 0.25) is 0 Å². The van der Waals surface area contributed by atoms with Gasteiger partial charge in [-0.15, -0.1) is 0 Å². The van der Waals surface area contributed by atoms with Gasteiger partial charge in [-0.1, -0.05) is 45.1 Å². The quantitative estimate of drug-likeness (QED) is 0.376. The van der Waals surface area contributed by atoms with E-state index in [1.165, 1.54) is 54.7 Å². The maximum Gasteiger partial charge on any atom is 2.00 e. The molecule has 3 rings (SSSR count). The number of alkyl halides is 2. The zero-order chi connectivity index (χ0) is 24.0. The van der Waals surface area contributed by atoms with Crippen LogP contribution in [0.4, 0.5) is 8.78 Å². The molecule has 0 aliphatic carbocycles. The summed E-state index contributed by atoms with van der Waals surface area (Å²) >= 11 is 0. The molecule has 2 aromatic rings. The minimum absolute atomic E-state index is 0. The molecule has 1 heterocycles. The second-order valence-corrected chi connectivity index (χ2v) is 7.98. The fraction of sp³-hybridized carbons (Fsp3) is 0.481. The van der Waals surface area contributed by atoms with Crippen LogP contribution in [0.25, 0.3) is 0 Å². The third kappa shape index (κ3) is 13.1. The minimum atomic E-state index is -2.73. The molecule has 1 aliphatic rings. The van der Waals surface area contributed by atoms with E-state index in [1.54, 1.807) is 6.92 Å². The van der Waals surface area contributed by atoms with E-state index in [0.717, 1.165) is 19.8 Å². The SMILES string of the molecule is CC(=O)C1CCNC(=O)C1.CC(F)(F)c1cc[c-]cc1.CCCCc1cc[c-]cc1CC.[U+2]. The molecule has 0 spiro atoms. The molecular formula is C27H35F2NO2U. The minimum Gasteiger partial charge on any atom is -0.356 e. The third-order valence-electron chi connectivity index (χ3n) is 5.28. The Labute approximate surface area is 221 Å². The zero-order valence-electron chi connectivity index (χ0n) is 20.1. The van der Waals surface area contributed by atoms with Crippen LogP contribution >= 0.6 is 0 Å². The Bertz CT molecular complexity index is 820. The van der Waals surface area contributed by atoms with Crippen molar-refractivity contribution in [1.82, 2.24) is 5.32 Å². The van der Waals surface area contributed by atoms with Gasteiger partial charge in [0.25, 0.3) is 0 Å². The molecule has 1 atom stereocenters. The summed E-state index contributed by atoms with van der Waals surface area (Å²) in [5, 5.41) is 2.68. The van der Waals surface area contributed by atoms with Gasteiger partial charge in [-0.05, 0) is 13.3 Å². The molecule has 1 amide bonds. The Morgan fingerprint density at radius 1 is 1.12 bits per heavy atom. The number of benzene rings is 2. The van der Waals surface area contributed by atoms with Crippen LogP contribution in [0, 0.1) is 49.2 Å². The van der Waals surface area contributed by atoms with Crippen molar-refractivity contribution in [3.05, 3.63) is 71.3 Å². The first-order valence-electron chi connectivity index (χ1n) is 11.3. The number of hydrogen-bond acceptors (Lipinski definition) is 2. The van der Waals surface area contributed by atoms with E-state index in [-0.39, 0.29) is 54.3 Å². The summed E-state index contributed by atoms with van der Waals surface area (Å²) in [6.45, 7) is 7.52. The summed E-state index contributed by atoms with van der Waals surface area (Å²) in [7, 11) is 0. The van der Waals surface area contributed by atoms with E-state index in [2.05, 4.69) is 43.4 Å². The van der Waals surface area contributed by atoms with Gasteiger partial charge in [0.1, 0.15) is 5.78 Å². The number of carbonyl (C=O) groups excluding carboxylic acids is 2. The Morgan fingerprint density at radius 2 is 1.76 bits per heavy atom. The van der Waals surface area contributed by atoms with Gasteiger partial charge in [0.05, 0.1) is 0 Å². The standard InChI is InChI=1S/C12H17.C8H7F2.C7H11NO2.U/c1-3-5-8-12-10-7-6-9-11(12)4-2;1-8(9,10)7-5-3-2-4-6-7;1-5(9)6-2-3-8-7(10)4-6;/h7,9-10H,3-5,8H2,1-2H3;3-6H,1H3;6H,2-4H2,1H3,(H,8,10);/q2*-1;;+2. The normalized spacial score (nSPS) is 15.0. The number of nitrogens with one attached hydrogen (secondary N) is 1. The molecule has 33 heavy (non-hydrogen) atoms. The Morgan fingerprint density at radius 3 is 2.21 bits per heavy atom. The van der Waals surface area contributed by atoms with E-state index < -0.39 is 5.92 Å². The second-order valence-electron chi connectivity index (χ2n) is 7.98. The number of amides is 1. The fourth-order valence-corrected chi connectivity index (χ4v) is 3.25. The van der Waals surface area contributed by atoms with Gasteiger partial charge in [0.15, 0.2) is 0 Å². The molecule has 1 N–H and O–H groups in total. The third-order valence-corrected chi connectivity index (χ3v) is 5.28. The average Bonchev–Trinajstić information content (AvgIpc) is 2.79. The van der Waals surface area contributed by atoms with Crippen molar-refractivity contribution < 1.29 is 49.5 Å². The number of aryl methyl sites for hydroxylation is 2. The van der Waals surface area contributed by atoms with E-state index in [9.17, 15) is 18.4 Å². The number of carbonyl (C=O) groups is 2. The molecule has 1 unspecified atom stereocenters. The molecule has 0 radical (unpaired) electrons. The van der Waals surface area contributed by atoms with Gasteiger partial charge < -0.3 is 5.32 Å². The van der Waals surface area contributed by atoms with E-state index in [0.29, 0.717) is 13.0 Å². The van der Waals surface area contributed by atoms with Gasteiger partial charge in [-0.25, -0.2) is 8.78 Å². The summed E-state index contributed by atoms with van der Waals surface area (Å²) < 4.78 is 24.9. The van der Waals surface area contributed by atoms with Crippen molar-refractivity contribution in [3.63, 3.8) is 0 Å². The van der Waals surface area contributed by atoms with E-state index in [1.807, 2.05) is 6.07 Å². The number of piperidine rings is 1. The first-order chi connectivity index (χ1) is 15.2. The van der Waals surface area contributed by atoms with Crippen molar-refractivity contribution in [2.24, 2.45) is 5.92 Å². The van der Waals surface area contributed by atoms with Gasteiger partial charge in [-0.2, -0.15) is 65.7 Å². The number of ketones is 1. The maximum atomic E-state index is 12.4. The van der Waals surface area contributed by atoms with Crippen LogP contribution < -0.4 is 5.32 Å². The summed E-state index contributed by atoms with van der Waals surface area (Å²) in [6.07, 6.45) is 6.14. The molecule has 1 saturated heterocycles. The Balaban J connectivity index is 0.000000461. The molecule has 2 aromatic carbocycles. The van der Waals surface area contributed by atoms with Gasteiger partial charge in [0.2, 0.25) is 11.8 Å². The Hall–Kier alpha value is -1.51. The number of rotatable bonds is 6. The molecule has 3 nitrogen and oxygen atoms in total. The topological polar surface area (TPSA) is 46.2 Å². The van der Waals surface area contributed by atoms with Crippen molar-refractivity contribution in [2.45, 2.75) is 72.1 Å². The molecule has 178 valence electrons. The largest absolute Gasteiger partial charge is 2.00 e. The van der Waals surface area contributed by atoms with E-state index >= 15 is 0 Å². The number of Topliss-reactive ketones (excluding diaryl/α,β-unsaturated/α-hetero) is 1. The molecule has 0 saturated carbocycles. The van der Waals surface area contributed by atoms with Crippen LogP contribution in [0.1, 0.15) is 70.1 Å². The van der Waals surface area contributed by atoms with Gasteiger partial charge in [-0.3, -0.25) is 9.59 Å².